The Bertz CT molecular complexity index is 570. The Morgan fingerprint density at radius 2 is 2.05 bits per heavy atom. The summed E-state index contributed by atoms with van der Waals surface area (Å²) in [5.74, 6) is -0.237. The van der Waals surface area contributed by atoms with Crippen LogP contribution < -0.4 is 5.32 Å². The smallest absolute Gasteiger partial charge is 0.147 e. The molecule has 0 saturated heterocycles. The highest BCUT2D eigenvalue weighted by atomic mass is 79.9. The summed E-state index contributed by atoms with van der Waals surface area (Å²) in [5, 5.41) is 3.17. The van der Waals surface area contributed by atoms with Crippen molar-refractivity contribution in [1.82, 2.24) is 4.57 Å². The molecule has 0 fully saturated rings. The van der Waals surface area contributed by atoms with Crippen molar-refractivity contribution in [2.24, 2.45) is 0 Å². The third-order valence-corrected chi connectivity index (χ3v) is 4.07. The Morgan fingerprint density at radius 3 is 2.63 bits per heavy atom. The van der Waals surface area contributed by atoms with E-state index in [9.17, 15) is 4.39 Å². The molecule has 0 unspecified atom stereocenters. The monoisotopic (exact) mass is 324 g/mol. The van der Waals surface area contributed by atoms with E-state index < -0.39 is 0 Å². The minimum Gasteiger partial charge on any atom is -0.378 e. The molecule has 1 aromatic heterocycles. The molecule has 2 rings (SSSR count). The van der Waals surface area contributed by atoms with Gasteiger partial charge in [0.2, 0.25) is 0 Å². The van der Waals surface area contributed by atoms with Crippen molar-refractivity contribution in [3.63, 3.8) is 0 Å². The van der Waals surface area contributed by atoms with Crippen molar-refractivity contribution < 1.29 is 4.39 Å². The highest BCUT2D eigenvalue weighted by Crippen LogP contribution is 2.26. The van der Waals surface area contributed by atoms with Crippen LogP contribution in [0.2, 0.25) is 0 Å². The minimum absolute atomic E-state index is 0.237. The van der Waals surface area contributed by atoms with E-state index >= 15 is 0 Å². The highest BCUT2D eigenvalue weighted by Gasteiger charge is 2.10. The third-order valence-electron chi connectivity index (χ3n) is 3.41. The van der Waals surface area contributed by atoms with E-state index in [2.05, 4.69) is 52.7 Å². The van der Waals surface area contributed by atoms with Gasteiger partial charge in [0.25, 0.3) is 0 Å². The zero-order chi connectivity index (χ0) is 14.0. The molecular formula is C15H18BrFN2. The van der Waals surface area contributed by atoms with Gasteiger partial charge in [0.15, 0.2) is 0 Å². The van der Waals surface area contributed by atoms with Gasteiger partial charge >= 0.3 is 0 Å². The molecule has 0 aliphatic carbocycles. The molecule has 0 aliphatic rings. The number of aryl methyl sites for hydroxylation is 1. The van der Waals surface area contributed by atoms with Crippen molar-refractivity contribution in [3.8, 4) is 0 Å². The van der Waals surface area contributed by atoms with E-state index in [-0.39, 0.29) is 5.82 Å². The summed E-state index contributed by atoms with van der Waals surface area (Å²) < 4.78 is 16.7. The lowest BCUT2D eigenvalue weighted by atomic mass is 10.2. The molecule has 2 nitrogen and oxygen atoms in total. The average molecular weight is 325 g/mol. The fourth-order valence-electron chi connectivity index (χ4n) is 2.39. The molecular weight excluding hydrogens is 307 g/mol. The molecule has 1 aromatic carbocycles. The largest absolute Gasteiger partial charge is 0.378 e. The van der Waals surface area contributed by atoms with E-state index in [1.165, 1.54) is 23.0 Å². The predicted octanol–water partition coefficient (Wildman–Crippen LogP) is 4.64. The minimum atomic E-state index is -0.237. The average Bonchev–Trinajstić information content (AvgIpc) is 2.63. The first-order valence-corrected chi connectivity index (χ1v) is 7.17. The SMILES string of the molecule is CCn1c(C)cc(CNc2c(F)cccc2Br)c1C. The van der Waals surface area contributed by atoms with Crippen LogP contribution in [0.4, 0.5) is 10.1 Å². The van der Waals surface area contributed by atoms with E-state index in [0.717, 1.165) is 11.0 Å². The molecule has 4 heteroatoms. The number of hydrogen-bond donors (Lipinski definition) is 1. The summed E-state index contributed by atoms with van der Waals surface area (Å²) in [6, 6.07) is 7.14. The van der Waals surface area contributed by atoms with Gasteiger partial charge in [-0.1, -0.05) is 6.07 Å². The van der Waals surface area contributed by atoms with Crippen LogP contribution in [0.1, 0.15) is 23.9 Å². The lowest BCUT2D eigenvalue weighted by Crippen LogP contribution is -2.04. The maximum absolute atomic E-state index is 13.7. The number of para-hydroxylation sites is 1. The molecule has 0 saturated carbocycles. The number of anilines is 1. The van der Waals surface area contributed by atoms with Gasteiger partial charge in [-0.05, 0) is 60.5 Å². The van der Waals surface area contributed by atoms with Crippen LogP contribution in [-0.4, -0.2) is 4.57 Å². The van der Waals surface area contributed by atoms with Crippen LogP contribution in [0.3, 0.4) is 0 Å². The number of nitrogens with zero attached hydrogens (tertiary/aromatic N) is 1. The number of halogens is 2. The van der Waals surface area contributed by atoms with Crippen LogP contribution in [0, 0.1) is 19.7 Å². The Balaban J connectivity index is 2.19. The normalized spacial score (nSPS) is 10.8. The summed E-state index contributed by atoms with van der Waals surface area (Å²) in [5.41, 5.74) is 4.20. The molecule has 0 aliphatic heterocycles. The first-order valence-electron chi connectivity index (χ1n) is 6.38. The molecule has 0 amide bonds. The summed E-state index contributed by atoms with van der Waals surface area (Å²) in [4.78, 5) is 0. The maximum atomic E-state index is 13.7. The number of nitrogens with one attached hydrogen (secondary N) is 1. The Labute approximate surface area is 121 Å². The van der Waals surface area contributed by atoms with Gasteiger partial charge < -0.3 is 9.88 Å². The van der Waals surface area contributed by atoms with Crippen LogP contribution in [0.5, 0.6) is 0 Å². The predicted molar refractivity (Wildman–Crippen MR) is 81.0 cm³/mol. The maximum Gasteiger partial charge on any atom is 0.147 e. The quantitative estimate of drug-likeness (QED) is 0.867. The Morgan fingerprint density at radius 1 is 1.32 bits per heavy atom. The second-order valence-corrected chi connectivity index (χ2v) is 5.45. The second-order valence-electron chi connectivity index (χ2n) is 4.59. The van der Waals surface area contributed by atoms with Crippen LogP contribution in [0.15, 0.2) is 28.7 Å². The van der Waals surface area contributed by atoms with Gasteiger partial charge in [-0.15, -0.1) is 0 Å². The van der Waals surface area contributed by atoms with Crippen molar-refractivity contribution in [3.05, 3.63) is 51.5 Å². The topological polar surface area (TPSA) is 17.0 Å². The van der Waals surface area contributed by atoms with Gasteiger partial charge in [-0.2, -0.15) is 0 Å². The molecule has 0 bridgehead atoms. The van der Waals surface area contributed by atoms with E-state index in [0.29, 0.717) is 12.2 Å². The molecule has 0 radical (unpaired) electrons. The molecule has 19 heavy (non-hydrogen) atoms. The van der Waals surface area contributed by atoms with Gasteiger partial charge in [-0.25, -0.2) is 4.39 Å². The number of rotatable bonds is 4. The number of benzene rings is 1. The number of hydrogen-bond acceptors (Lipinski definition) is 1. The van der Waals surface area contributed by atoms with Crippen molar-refractivity contribution >= 4 is 21.6 Å². The van der Waals surface area contributed by atoms with Crippen LogP contribution in [0.25, 0.3) is 0 Å². The molecule has 0 spiro atoms. The van der Waals surface area contributed by atoms with Gasteiger partial charge in [-0.3, -0.25) is 0 Å². The first-order chi connectivity index (χ1) is 9.04. The zero-order valence-electron chi connectivity index (χ0n) is 11.4. The van der Waals surface area contributed by atoms with E-state index in [4.69, 9.17) is 0 Å². The van der Waals surface area contributed by atoms with Crippen LogP contribution >= 0.6 is 15.9 Å². The summed E-state index contributed by atoms with van der Waals surface area (Å²) in [7, 11) is 0. The number of aromatic nitrogens is 1. The van der Waals surface area contributed by atoms with Crippen molar-refractivity contribution in [2.45, 2.75) is 33.9 Å². The van der Waals surface area contributed by atoms with Crippen molar-refractivity contribution in [2.75, 3.05) is 5.32 Å². The fraction of sp³-hybridized carbons (Fsp3) is 0.333. The molecule has 1 N–H and O–H groups in total. The lowest BCUT2D eigenvalue weighted by molar-refractivity contribution is 0.629. The Kier molecular flexibility index (Phi) is 4.30. The fourth-order valence-corrected chi connectivity index (χ4v) is 2.87. The first kappa shape index (κ1) is 14.1. The zero-order valence-corrected chi connectivity index (χ0v) is 13.0. The summed E-state index contributed by atoms with van der Waals surface area (Å²) in [6.45, 7) is 7.91. The molecule has 102 valence electrons. The van der Waals surface area contributed by atoms with Gasteiger partial charge in [0.05, 0.1) is 5.69 Å². The standard InChI is InChI=1S/C15H18BrFN2/c1-4-19-10(2)8-12(11(19)3)9-18-15-13(16)6-5-7-14(15)17/h5-8,18H,4,9H2,1-3H3. The molecule has 0 atom stereocenters. The highest BCUT2D eigenvalue weighted by molar-refractivity contribution is 9.10. The summed E-state index contributed by atoms with van der Waals surface area (Å²) >= 11 is 3.36. The van der Waals surface area contributed by atoms with Gasteiger partial charge in [0, 0.05) is 29.0 Å². The molecule has 1 heterocycles. The van der Waals surface area contributed by atoms with Gasteiger partial charge in [0.1, 0.15) is 5.82 Å². The van der Waals surface area contributed by atoms with E-state index in [1.807, 2.05) is 6.07 Å². The molecule has 2 aromatic rings. The second kappa shape index (κ2) is 5.78. The Hall–Kier alpha value is -1.29. The van der Waals surface area contributed by atoms with Crippen LogP contribution in [-0.2, 0) is 13.1 Å². The van der Waals surface area contributed by atoms with Crippen molar-refractivity contribution in [1.29, 1.82) is 0 Å². The van der Waals surface area contributed by atoms with E-state index in [1.54, 1.807) is 6.07 Å². The third kappa shape index (κ3) is 2.84. The summed E-state index contributed by atoms with van der Waals surface area (Å²) in [6.07, 6.45) is 0. The lowest BCUT2D eigenvalue weighted by Gasteiger charge is -2.10.